The van der Waals surface area contributed by atoms with E-state index in [0.717, 1.165) is 5.56 Å². The summed E-state index contributed by atoms with van der Waals surface area (Å²) in [6, 6.07) is 5.62. The molecule has 0 N–H and O–H groups in total. The number of allylic oxidation sites excluding steroid dienone is 5. The Morgan fingerprint density at radius 2 is 1.56 bits per heavy atom. The zero-order valence-corrected chi connectivity index (χ0v) is 21.6. The molecule has 0 saturated carbocycles. The molecule has 182 valence electrons. The second-order valence-electron chi connectivity index (χ2n) is 5.77. The molecule has 0 amide bonds. The Morgan fingerprint density at radius 3 is 2.03 bits per heavy atom. The third kappa shape index (κ3) is 20.6. The summed E-state index contributed by atoms with van der Waals surface area (Å²) in [4.78, 5) is 12.4. The summed E-state index contributed by atoms with van der Waals surface area (Å²) in [5, 5.41) is 0. The van der Waals surface area contributed by atoms with E-state index in [-0.39, 0.29) is 11.7 Å². The summed E-state index contributed by atoms with van der Waals surface area (Å²) in [5.41, 5.74) is 1.60. The zero-order chi connectivity index (χ0) is 25.8. The number of hydrogen-bond donors (Lipinski definition) is 0. The second-order valence-corrected chi connectivity index (χ2v) is 5.77. The minimum Gasteiger partial charge on any atom is -0.489 e. The average Bonchev–Trinajstić information content (AvgIpc) is 2.80. The molecule has 1 unspecified atom stereocenters. The van der Waals surface area contributed by atoms with E-state index in [4.69, 9.17) is 9.47 Å². The Bertz CT molecular complexity index is 624. The number of fused-ring (bicyclic) bond motifs is 1. The highest BCUT2D eigenvalue weighted by Gasteiger charge is 2.18. The van der Waals surface area contributed by atoms with Gasteiger partial charge in [-0.25, -0.2) is 0 Å². The molecule has 4 nitrogen and oxygen atoms in total. The molecule has 0 fully saturated rings. The van der Waals surface area contributed by atoms with Gasteiger partial charge in [0.2, 0.25) is 0 Å². The van der Waals surface area contributed by atoms with Crippen molar-refractivity contribution in [3.8, 4) is 5.75 Å². The first-order valence-electron chi connectivity index (χ1n) is 10.6. The van der Waals surface area contributed by atoms with E-state index in [9.17, 15) is 4.79 Å². The van der Waals surface area contributed by atoms with Gasteiger partial charge in [0.1, 0.15) is 12.4 Å². The molecule has 1 atom stereocenters. The molecule has 0 aromatic heterocycles. The molecule has 1 heterocycles. The first-order chi connectivity index (χ1) is 15.5. The number of rotatable bonds is 2. The fourth-order valence-electron chi connectivity index (χ4n) is 1.99. The lowest BCUT2D eigenvalue weighted by Crippen LogP contribution is -2.12. The number of Topliss-reactive ketones (excluding diaryl/α,β-unsaturated/α-hetero) is 1. The van der Waals surface area contributed by atoms with Gasteiger partial charge in [-0.15, -0.1) is 26.3 Å². The number of ketones is 1. The molecular weight excluding hydrogens is 400 g/mol. The van der Waals surface area contributed by atoms with Gasteiger partial charge in [0.15, 0.2) is 5.78 Å². The average molecular weight is 447 g/mol. The number of ether oxygens (including phenoxy) is 3. The van der Waals surface area contributed by atoms with Crippen LogP contribution in [0.3, 0.4) is 0 Å². The van der Waals surface area contributed by atoms with Crippen molar-refractivity contribution in [3.63, 3.8) is 0 Å². The van der Waals surface area contributed by atoms with Crippen molar-refractivity contribution in [1.29, 1.82) is 0 Å². The monoisotopic (exact) mass is 446 g/mol. The normalized spacial score (nSPS) is 14.9. The summed E-state index contributed by atoms with van der Waals surface area (Å²) >= 11 is 0. The van der Waals surface area contributed by atoms with Crippen LogP contribution in [0.2, 0.25) is 0 Å². The van der Waals surface area contributed by atoms with E-state index in [1.54, 1.807) is 33.5 Å². The number of methoxy groups -OCH3 is 2. The van der Waals surface area contributed by atoms with Crippen LogP contribution in [0.1, 0.15) is 50.5 Å². The Morgan fingerprint density at radius 1 is 1.06 bits per heavy atom. The Balaban J connectivity index is -0.000000254. The van der Waals surface area contributed by atoms with Gasteiger partial charge in [-0.2, -0.15) is 0 Å². The van der Waals surface area contributed by atoms with Gasteiger partial charge in [0.25, 0.3) is 0 Å². The lowest BCUT2D eigenvalue weighted by Gasteiger charge is -2.14. The standard InChI is InChI=1S/C16H18O3.2C3H6.C2H6O.C2H6.C2H4/c1-12-6-4-3-5-9-19-15-8-7-13(11-18-2)10-14(15)16(12)17;3*1-3-2;2*1-2/h3-8,10,12H,9,11H2,1-2H3;2*3H,1H2,2H3;1-2H3;1-2H3;1-2H2/b5-3-,6-4-;;;;;. The molecule has 0 bridgehead atoms. The van der Waals surface area contributed by atoms with E-state index in [1.165, 1.54) is 0 Å². The first-order valence-corrected chi connectivity index (χ1v) is 10.6. The van der Waals surface area contributed by atoms with Crippen molar-refractivity contribution >= 4 is 5.78 Å². The quantitative estimate of drug-likeness (QED) is 0.438. The van der Waals surface area contributed by atoms with Crippen LogP contribution >= 0.6 is 0 Å². The summed E-state index contributed by atoms with van der Waals surface area (Å²) in [5.74, 6) is 0.541. The van der Waals surface area contributed by atoms with Crippen LogP contribution in [0.4, 0.5) is 0 Å². The minimum atomic E-state index is -0.164. The van der Waals surface area contributed by atoms with Crippen molar-refractivity contribution in [2.75, 3.05) is 27.9 Å². The number of benzene rings is 1. The van der Waals surface area contributed by atoms with Crippen LogP contribution in [0, 0.1) is 5.92 Å². The molecule has 1 aromatic carbocycles. The van der Waals surface area contributed by atoms with Crippen molar-refractivity contribution in [2.45, 2.75) is 41.2 Å². The molecule has 1 aliphatic rings. The molecular formula is C28H46O4. The number of carbonyl (C=O) groups excluding carboxylic acids is 1. The predicted octanol–water partition coefficient (Wildman–Crippen LogP) is 7.63. The van der Waals surface area contributed by atoms with Crippen LogP contribution in [0.15, 0.2) is 81.0 Å². The molecule has 4 heteroatoms. The highest BCUT2D eigenvalue weighted by molar-refractivity contribution is 6.01. The molecule has 0 radical (unpaired) electrons. The van der Waals surface area contributed by atoms with Crippen molar-refractivity contribution in [2.24, 2.45) is 5.92 Å². The van der Waals surface area contributed by atoms with Crippen molar-refractivity contribution in [3.05, 3.63) is 92.1 Å². The maximum absolute atomic E-state index is 12.4. The van der Waals surface area contributed by atoms with Crippen molar-refractivity contribution < 1.29 is 19.0 Å². The highest BCUT2D eigenvalue weighted by Crippen LogP contribution is 2.25. The molecule has 0 spiro atoms. The van der Waals surface area contributed by atoms with Gasteiger partial charge in [-0.05, 0) is 37.6 Å². The van der Waals surface area contributed by atoms with Gasteiger partial charge in [-0.1, -0.05) is 57.2 Å². The van der Waals surface area contributed by atoms with E-state index in [0.29, 0.717) is 24.5 Å². The van der Waals surface area contributed by atoms with Crippen LogP contribution in [0.5, 0.6) is 5.75 Å². The van der Waals surface area contributed by atoms with Crippen LogP contribution in [-0.2, 0) is 16.1 Å². The molecule has 1 aliphatic heterocycles. The van der Waals surface area contributed by atoms with E-state index < -0.39 is 0 Å². The first kappa shape index (κ1) is 36.7. The highest BCUT2D eigenvalue weighted by atomic mass is 16.5. The molecule has 0 saturated heterocycles. The molecule has 32 heavy (non-hydrogen) atoms. The summed E-state index contributed by atoms with van der Waals surface area (Å²) in [6.45, 7) is 23.3. The topological polar surface area (TPSA) is 44.8 Å². The molecule has 1 aromatic rings. The van der Waals surface area contributed by atoms with Crippen LogP contribution in [0.25, 0.3) is 0 Å². The smallest absolute Gasteiger partial charge is 0.173 e. The summed E-state index contributed by atoms with van der Waals surface area (Å²) < 4.78 is 15.0. The van der Waals surface area contributed by atoms with Gasteiger partial charge in [0.05, 0.1) is 12.2 Å². The predicted molar refractivity (Wildman–Crippen MR) is 142 cm³/mol. The van der Waals surface area contributed by atoms with Gasteiger partial charge >= 0.3 is 0 Å². The fourth-order valence-corrected chi connectivity index (χ4v) is 1.99. The lowest BCUT2D eigenvalue weighted by atomic mass is 9.96. The van der Waals surface area contributed by atoms with Gasteiger partial charge < -0.3 is 14.2 Å². The maximum atomic E-state index is 12.4. The molecule has 2 rings (SSSR count). The summed E-state index contributed by atoms with van der Waals surface area (Å²) in [6.07, 6.45) is 11.1. The Kier molecular flexibility index (Phi) is 35.0. The Hall–Kier alpha value is -2.69. The Labute approximate surface area is 198 Å². The SMILES string of the molecule is C=C.C=CC.C=CC.CC.COC.COCc1ccc2c(c1)C(=O)C(C)/C=C\C=C/CO2. The van der Waals surface area contributed by atoms with E-state index >= 15 is 0 Å². The van der Waals surface area contributed by atoms with Crippen molar-refractivity contribution in [1.82, 2.24) is 0 Å². The van der Waals surface area contributed by atoms with Gasteiger partial charge in [0, 0.05) is 27.2 Å². The minimum absolute atomic E-state index is 0.0690. The second kappa shape index (κ2) is 30.5. The van der Waals surface area contributed by atoms with Crippen LogP contribution < -0.4 is 4.74 Å². The van der Waals surface area contributed by atoms with E-state index in [1.807, 2.05) is 77.1 Å². The summed E-state index contributed by atoms with van der Waals surface area (Å²) in [7, 11) is 4.89. The number of carbonyl (C=O) groups is 1. The number of hydrogen-bond acceptors (Lipinski definition) is 4. The van der Waals surface area contributed by atoms with Crippen LogP contribution in [-0.4, -0.2) is 33.7 Å². The zero-order valence-electron chi connectivity index (χ0n) is 21.6. The third-order valence-corrected chi connectivity index (χ3v) is 3.02. The van der Waals surface area contributed by atoms with E-state index in [2.05, 4.69) is 31.1 Å². The fraction of sp³-hybridized carbons (Fsp3) is 0.393. The maximum Gasteiger partial charge on any atom is 0.173 e. The van der Waals surface area contributed by atoms with Gasteiger partial charge in [-0.3, -0.25) is 4.79 Å². The lowest BCUT2D eigenvalue weighted by molar-refractivity contribution is 0.0949. The largest absolute Gasteiger partial charge is 0.489 e. The third-order valence-electron chi connectivity index (χ3n) is 3.02. The molecule has 0 aliphatic carbocycles.